The lowest BCUT2D eigenvalue weighted by Crippen LogP contribution is -2.75. The molecular formula is C25H24ClF4NO5. The summed E-state index contributed by atoms with van der Waals surface area (Å²) in [7, 11) is 0. The molecule has 194 valence electrons. The minimum Gasteiger partial charge on any atom is -0.486 e. The Morgan fingerprint density at radius 2 is 1.61 bits per heavy atom. The van der Waals surface area contributed by atoms with Crippen LogP contribution in [0.25, 0.3) is 0 Å². The average molecular weight is 530 g/mol. The number of hydrogen-bond donors (Lipinski definition) is 2. The second-order valence-electron chi connectivity index (χ2n) is 9.82. The van der Waals surface area contributed by atoms with Crippen LogP contribution in [-0.2, 0) is 15.2 Å². The van der Waals surface area contributed by atoms with Crippen LogP contribution in [0.4, 0.5) is 17.6 Å². The van der Waals surface area contributed by atoms with Crippen molar-refractivity contribution in [3.63, 3.8) is 0 Å². The van der Waals surface area contributed by atoms with Gasteiger partial charge >= 0.3 is 6.18 Å². The molecule has 2 N–H and O–H groups in total. The first kappa shape index (κ1) is 26.2. The fraction of sp³-hybridized carbons (Fsp3) is 0.440. The fourth-order valence-corrected chi connectivity index (χ4v) is 5.16. The zero-order valence-electron chi connectivity index (χ0n) is 19.3. The van der Waals surface area contributed by atoms with E-state index in [0.717, 1.165) is 18.2 Å². The van der Waals surface area contributed by atoms with Gasteiger partial charge in [-0.15, -0.1) is 0 Å². The molecule has 3 fully saturated rings. The van der Waals surface area contributed by atoms with E-state index < -0.39 is 17.6 Å². The number of benzene rings is 2. The molecule has 0 saturated heterocycles. The van der Waals surface area contributed by atoms with Gasteiger partial charge in [-0.05, 0) is 61.4 Å². The van der Waals surface area contributed by atoms with E-state index in [2.05, 4.69) is 5.32 Å². The largest absolute Gasteiger partial charge is 0.486 e. The molecule has 3 aliphatic carbocycles. The molecule has 0 radical (unpaired) electrons. The van der Waals surface area contributed by atoms with Crippen LogP contribution in [-0.4, -0.2) is 41.7 Å². The number of rotatable bonds is 10. The highest BCUT2D eigenvalue weighted by Crippen LogP contribution is 2.69. The number of ether oxygens (including phenoxy) is 2. The van der Waals surface area contributed by atoms with Crippen molar-refractivity contribution in [2.75, 3.05) is 13.2 Å². The molecule has 36 heavy (non-hydrogen) atoms. The van der Waals surface area contributed by atoms with E-state index in [9.17, 15) is 32.3 Å². The van der Waals surface area contributed by atoms with Crippen molar-refractivity contribution >= 4 is 23.3 Å². The third-order valence-corrected chi connectivity index (χ3v) is 7.05. The molecule has 2 aromatic carbocycles. The van der Waals surface area contributed by atoms with Crippen LogP contribution in [0.1, 0.15) is 38.2 Å². The molecule has 11 heteroatoms. The smallest absolute Gasteiger partial charge is 0.421 e. The molecule has 1 unspecified atom stereocenters. The summed E-state index contributed by atoms with van der Waals surface area (Å²) in [5.41, 5.74) is -3.88. The van der Waals surface area contributed by atoms with E-state index in [1.807, 2.05) is 0 Å². The predicted molar refractivity (Wildman–Crippen MR) is 121 cm³/mol. The fourth-order valence-electron chi connectivity index (χ4n) is 5.04. The molecule has 3 aliphatic rings. The van der Waals surface area contributed by atoms with Crippen molar-refractivity contribution in [1.82, 2.24) is 5.32 Å². The summed E-state index contributed by atoms with van der Waals surface area (Å²) in [4.78, 5) is 24.6. The molecule has 1 atom stereocenters. The zero-order valence-corrected chi connectivity index (χ0v) is 20.0. The number of carbonyl (C=O) groups excluding carboxylic acids is 2. The standard InChI is InChI=1S/C25H24ClF4NO5/c1-22(34,25(28,29)30)15-2-4-17(5-3-15)35-10-16(32)9-23-12-24(13-23,14-23)31-21(33)11-36-18-6-7-19(26)20(27)8-18/h2-8,34H,9-14H2,1H3,(H,31,33). The Morgan fingerprint density at radius 3 is 2.19 bits per heavy atom. The molecule has 1 amide bonds. The number of ketones is 1. The Labute approximate surface area is 209 Å². The second kappa shape index (κ2) is 9.23. The lowest BCUT2D eigenvalue weighted by atomic mass is 9.38. The molecule has 0 aromatic heterocycles. The molecule has 6 nitrogen and oxygen atoms in total. The van der Waals surface area contributed by atoms with E-state index >= 15 is 0 Å². The summed E-state index contributed by atoms with van der Waals surface area (Å²) in [5.74, 6) is -0.745. The number of alkyl halides is 3. The maximum absolute atomic E-state index is 13.4. The Balaban J connectivity index is 1.18. The number of halogens is 5. The number of Topliss-reactive ketones (excluding diaryl/α,β-unsaturated/α-hetero) is 1. The topological polar surface area (TPSA) is 84.9 Å². The highest BCUT2D eigenvalue weighted by Gasteiger charge is 2.68. The van der Waals surface area contributed by atoms with Gasteiger partial charge in [-0.1, -0.05) is 23.7 Å². The summed E-state index contributed by atoms with van der Waals surface area (Å²) in [6.07, 6.45) is -2.61. The van der Waals surface area contributed by atoms with Gasteiger partial charge in [-0.2, -0.15) is 13.2 Å². The summed E-state index contributed by atoms with van der Waals surface area (Å²) >= 11 is 5.61. The van der Waals surface area contributed by atoms with Gasteiger partial charge in [0.05, 0.1) is 5.02 Å². The predicted octanol–water partition coefficient (Wildman–Crippen LogP) is 4.70. The maximum Gasteiger partial charge on any atom is 0.421 e. The van der Waals surface area contributed by atoms with Gasteiger partial charge in [0.1, 0.15) is 23.9 Å². The first-order chi connectivity index (χ1) is 16.7. The quantitative estimate of drug-likeness (QED) is 0.436. The van der Waals surface area contributed by atoms with Crippen LogP contribution < -0.4 is 14.8 Å². The first-order valence-electron chi connectivity index (χ1n) is 11.2. The van der Waals surface area contributed by atoms with Gasteiger partial charge < -0.3 is 19.9 Å². The van der Waals surface area contributed by atoms with Crippen molar-refractivity contribution in [3.05, 3.63) is 58.9 Å². The van der Waals surface area contributed by atoms with Gasteiger partial charge in [0.15, 0.2) is 18.0 Å². The minimum absolute atomic E-state index is 0.0426. The van der Waals surface area contributed by atoms with Crippen molar-refractivity contribution < 1.29 is 41.7 Å². The molecule has 0 heterocycles. The summed E-state index contributed by atoms with van der Waals surface area (Å²) in [6, 6.07) is 8.65. The average Bonchev–Trinajstić information content (AvgIpc) is 2.75. The minimum atomic E-state index is -4.83. The van der Waals surface area contributed by atoms with E-state index in [1.54, 1.807) is 0 Å². The number of amides is 1. The van der Waals surface area contributed by atoms with Gasteiger partial charge in [0.2, 0.25) is 0 Å². The van der Waals surface area contributed by atoms with Crippen LogP contribution in [0.5, 0.6) is 11.5 Å². The Hall–Kier alpha value is -2.85. The molecule has 2 bridgehead atoms. The molecule has 5 rings (SSSR count). The van der Waals surface area contributed by atoms with E-state index in [0.29, 0.717) is 26.2 Å². The Kier molecular flexibility index (Phi) is 6.72. The molecule has 0 spiro atoms. The summed E-state index contributed by atoms with van der Waals surface area (Å²) in [6.45, 7) is 0.153. The van der Waals surface area contributed by atoms with Gasteiger partial charge in [0.25, 0.3) is 5.91 Å². The Morgan fingerprint density at radius 1 is 1.03 bits per heavy atom. The number of aliphatic hydroxyl groups is 1. The van der Waals surface area contributed by atoms with Crippen molar-refractivity contribution in [1.29, 1.82) is 0 Å². The number of hydrogen-bond acceptors (Lipinski definition) is 5. The lowest BCUT2D eigenvalue weighted by Gasteiger charge is -2.70. The maximum atomic E-state index is 13.4. The van der Waals surface area contributed by atoms with Crippen LogP contribution in [0.15, 0.2) is 42.5 Å². The molecule has 3 saturated carbocycles. The van der Waals surface area contributed by atoms with Crippen molar-refractivity contribution in [2.24, 2.45) is 5.41 Å². The lowest BCUT2D eigenvalue weighted by molar-refractivity contribution is -0.258. The van der Waals surface area contributed by atoms with Crippen LogP contribution in [0.2, 0.25) is 5.02 Å². The summed E-state index contributed by atoms with van der Waals surface area (Å²) < 4.78 is 62.9. The van der Waals surface area contributed by atoms with Gasteiger partial charge in [-0.25, -0.2) is 4.39 Å². The highest BCUT2D eigenvalue weighted by molar-refractivity contribution is 6.30. The SMILES string of the molecule is CC(O)(c1ccc(OCC(=O)CC23CC(NC(=O)COc4ccc(Cl)c(F)c4)(C2)C3)cc1)C(F)(F)F. The first-order valence-corrected chi connectivity index (χ1v) is 11.5. The van der Waals surface area contributed by atoms with Crippen LogP contribution in [0.3, 0.4) is 0 Å². The number of carbonyl (C=O) groups is 2. The number of nitrogens with one attached hydrogen (secondary N) is 1. The zero-order chi connectivity index (χ0) is 26.4. The van der Waals surface area contributed by atoms with E-state index in [-0.39, 0.29) is 64.4 Å². The van der Waals surface area contributed by atoms with Crippen molar-refractivity contribution in [3.8, 4) is 11.5 Å². The second-order valence-corrected chi connectivity index (χ2v) is 10.2. The van der Waals surface area contributed by atoms with Gasteiger partial charge in [-0.3, -0.25) is 9.59 Å². The van der Waals surface area contributed by atoms with E-state index in [4.69, 9.17) is 21.1 Å². The molecule has 2 aromatic rings. The third-order valence-electron chi connectivity index (χ3n) is 6.75. The Bertz CT molecular complexity index is 1150. The molecular weight excluding hydrogens is 506 g/mol. The normalized spacial score (nSPS) is 24.1. The summed E-state index contributed by atoms with van der Waals surface area (Å²) in [5, 5.41) is 12.6. The van der Waals surface area contributed by atoms with E-state index in [1.165, 1.54) is 24.3 Å². The third kappa shape index (κ3) is 5.29. The molecule has 0 aliphatic heterocycles. The van der Waals surface area contributed by atoms with Crippen LogP contribution >= 0.6 is 11.6 Å². The van der Waals surface area contributed by atoms with Gasteiger partial charge in [0, 0.05) is 18.0 Å². The van der Waals surface area contributed by atoms with Crippen molar-refractivity contribution in [2.45, 2.75) is 49.9 Å². The van der Waals surface area contributed by atoms with Crippen LogP contribution in [0, 0.1) is 11.2 Å². The monoisotopic (exact) mass is 529 g/mol. The highest BCUT2D eigenvalue weighted by atomic mass is 35.5.